The molecule has 0 saturated carbocycles. The van der Waals surface area contributed by atoms with Gasteiger partial charge in [-0.2, -0.15) is 0 Å². The van der Waals surface area contributed by atoms with Gasteiger partial charge in [0.1, 0.15) is 0 Å². The molecule has 1 aliphatic rings. The van der Waals surface area contributed by atoms with Crippen LogP contribution in [0.4, 0.5) is 0 Å². The van der Waals surface area contributed by atoms with Crippen LogP contribution < -0.4 is 11.1 Å². The largest absolute Gasteiger partial charge is 0.348 e. The van der Waals surface area contributed by atoms with E-state index in [0.717, 1.165) is 24.3 Å². The Bertz CT molecular complexity index is 475. The smallest absolute Gasteiger partial charge is 0.237 e. The summed E-state index contributed by atoms with van der Waals surface area (Å²) in [6, 6.07) is 5.51. The van der Waals surface area contributed by atoms with Crippen LogP contribution in [-0.2, 0) is 11.2 Å². The first-order valence-corrected chi connectivity index (χ1v) is 7.25. The number of rotatable bonds is 4. The molecule has 0 aliphatic heterocycles. The molecular formula is C15H21ClN2O. The number of nitrogens with two attached hydrogens (primary N) is 1. The SMILES string of the molecule is CCC(C)C(N)C(=O)NC1CCc2cc(Cl)ccc21. The molecule has 1 aromatic carbocycles. The normalized spacial score (nSPS) is 20.7. The van der Waals surface area contributed by atoms with Crippen molar-refractivity contribution in [3.05, 3.63) is 34.3 Å². The first kappa shape index (κ1) is 14.4. The summed E-state index contributed by atoms with van der Waals surface area (Å²) in [5.74, 6) is 0.147. The summed E-state index contributed by atoms with van der Waals surface area (Å²) in [6.07, 6.45) is 2.79. The van der Waals surface area contributed by atoms with Crippen LogP contribution in [0.3, 0.4) is 0 Å². The van der Waals surface area contributed by atoms with Gasteiger partial charge in [-0.05, 0) is 42.0 Å². The summed E-state index contributed by atoms with van der Waals surface area (Å²) in [6.45, 7) is 4.05. The van der Waals surface area contributed by atoms with Gasteiger partial charge in [0.05, 0.1) is 12.1 Å². The molecule has 3 unspecified atom stereocenters. The minimum Gasteiger partial charge on any atom is -0.348 e. The molecule has 0 fully saturated rings. The van der Waals surface area contributed by atoms with Gasteiger partial charge in [-0.3, -0.25) is 4.79 Å². The van der Waals surface area contributed by atoms with E-state index in [1.807, 2.05) is 32.0 Å². The van der Waals surface area contributed by atoms with Crippen LogP contribution in [0.25, 0.3) is 0 Å². The molecule has 0 aromatic heterocycles. The lowest BCUT2D eigenvalue weighted by atomic mass is 9.98. The quantitative estimate of drug-likeness (QED) is 0.891. The van der Waals surface area contributed by atoms with Crippen LogP contribution in [0, 0.1) is 5.92 Å². The van der Waals surface area contributed by atoms with E-state index >= 15 is 0 Å². The first-order valence-electron chi connectivity index (χ1n) is 6.87. The molecular weight excluding hydrogens is 260 g/mol. The number of benzene rings is 1. The highest BCUT2D eigenvalue weighted by atomic mass is 35.5. The number of hydrogen-bond acceptors (Lipinski definition) is 2. The molecule has 0 radical (unpaired) electrons. The second kappa shape index (κ2) is 5.93. The Labute approximate surface area is 119 Å². The van der Waals surface area contributed by atoms with Crippen molar-refractivity contribution in [2.24, 2.45) is 11.7 Å². The number of fused-ring (bicyclic) bond motifs is 1. The van der Waals surface area contributed by atoms with E-state index in [2.05, 4.69) is 5.32 Å². The van der Waals surface area contributed by atoms with Gasteiger partial charge in [0.15, 0.2) is 0 Å². The van der Waals surface area contributed by atoms with E-state index < -0.39 is 6.04 Å². The van der Waals surface area contributed by atoms with Crippen molar-refractivity contribution in [1.29, 1.82) is 0 Å². The predicted octanol–water partition coefficient (Wildman–Crippen LogP) is 2.82. The molecule has 2 rings (SSSR count). The third-order valence-corrected chi connectivity index (χ3v) is 4.29. The Kier molecular flexibility index (Phi) is 4.48. The zero-order valence-electron chi connectivity index (χ0n) is 11.4. The summed E-state index contributed by atoms with van der Waals surface area (Å²) >= 11 is 5.98. The second-order valence-electron chi connectivity index (χ2n) is 5.35. The number of carbonyl (C=O) groups excluding carboxylic acids is 1. The summed E-state index contributed by atoms with van der Waals surface area (Å²) < 4.78 is 0. The highest BCUT2D eigenvalue weighted by Gasteiger charge is 2.27. The monoisotopic (exact) mass is 280 g/mol. The van der Waals surface area contributed by atoms with Crippen molar-refractivity contribution in [3.63, 3.8) is 0 Å². The van der Waals surface area contributed by atoms with E-state index in [1.165, 1.54) is 11.1 Å². The Morgan fingerprint density at radius 2 is 2.32 bits per heavy atom. The zero-order chi connectivity index (χ0) is 14.0. The Hall–Kier alpha value is -1.06. The fourth-order valence-corrected chi connectivity index (χ4v) is 2.71. The fourth-order valence-electron chi connectivity index (χ4n) is 2.52. The maximum Gasteiger partial charge on any atom is 0.237 e. The Balaban J connectivity index is 2.05. The zero-order valence-corrected chi connectivity index (χ0v) is 12.2. The van der Waals surface area contributed by atoms with Crippen molar-refractivity contribution in [1.82, 2.24) is 5.32 Å². The molecule has 1 aliphatic carbocycles. The fraction of sp³-hybridized carbons (Fsp3) is 0.533. The van der Waals surface area contributed by atoms with E-state index in [1.54, 1.807) is 0 Å². The number of amides is 1. The Morgan fingerprint density at radius 3 is 3.00 bits per heavy atom. The number of aryl methyl sites for hydroxylation is 1. The summed E-state index contributed by atoms with van der Waals surface area (Å²) in [4.78, 5) is 12.1. The van der Waals surface area contributed by atoms with Crippen LogP contribution >= 0.6 is 11.6 Å². The van der Waals surface area contributed by atoms with Crippen LogP contribution in [0.2, 0.25) is 5.02 Å². The maximum absolute atomic E-state index is 12.1. The molecule has 0 heterocycles. The van der Waals surface area contributed by atoms with Crippen LogP contribution in [0.5, 0.6) is 0 Å². The highest BCUT2D eigenvalue weighted by Crippen LogP contribution is 2.32. The number of nitrogens with one attached hydrogen (secondary N) is 1. The lowest BCUT2D eigenvalue weighted by molar-refractivity contribution is -0.124. The first-order chi connectivity index (χ1) is 9.02. The molecule has 1 amide bonds. The molecule has 0 spiro atoms. The molecule has 0 saturated heterocycles. The third-order valence-electron chi connectivity index (χ3n) is 4.06. The maximum atomic E-state index is 12.1. The van der Waals surface area contributed by atoms with Gasteiger partial charge < -0.3 is 11.1 Å². The topological polar surface area (TPSA) is 55.1 Å². The number of hydrogen-bond donors (Lipinski definition) is 2. The van der Waals surface area contributed by atoms with Crippen LogP contribution in [0.1, 0.15) is 43.9 Å². The van der Waals surface area contributed by atoms with Gasteiger partial charge in [0, 0.05) is 5.02 Å². The minimum atomic E-state index is -0.429. The molecule has 104 valence electrons. The van der Waals surface area contributed by atoms with E-state index in [-0.39, 0.29) is 17.9 Å². The number of halogens is 1. The second-order valence-corrected chi connectivity index (χ2v) is 5.79. The van der Waals surface area contributed by atoms with Gasteiger partial charge >= 0.3 is 0 Å². The van der Waals surface area contributed by atoms with Crippen molar-refractivity contribution >= 4 is 17.5 Å². The Morgan fingerprint density at radius 1 is 1.58 bits per heavy atom. The molecule has 0 bridgehead atoms. The van der Waals surface area contributed by atoms with Crippen molar-refractivity contribution in [2.75, 3.05) is 0 Å². The lowest BCUT2D eigenvalue weighted by Crippen LogP contribution is -2.45. The van der Waals surface area contributed by atoms with E-state index in [0.29, 0.717) is 0 Å². The van der Waals surface area contributed by atoms with E-state index in [9.17, 15) is 4.79 Å². The summed E-state index contributed by atoms with van der Waals surface area (Å²) in [5, 5.41) is 3.81. The van der Waals surface area contributed by atoms with Crippen LogP contribution in [0.15, 0.2) is 18.2 Å². The van der Waals surface area contributed by atoms with Gasteiger partial charge in [-0.1, -0.05) is 37.9 Å². The molecule has 1 aromatic rings. The van der Waals surface area contributed by atoms with Gasteiger partial charge in [-0.15, -0.1) is 0 Å². The minimum absolute atomic E-state index is 0.0536. The molecule has 19 heavy (non-hydrogen) atoms. The molecule has 3 N–H and O–H groups in total. The van der Waals surface area contributed by atoms with Crippen LogP contribution in [-0.4, -0.2) is 11.9 Å². The van der Waals surface area contributed by atoms with Gasteiger partial charge in [0.25, 0.3) is 0 Å². The van der Waals surface area contributed by atoms with E-state index in [4.69, 9.17) is 17.3 Å². The summed E-state index contributed by atoms with van der Waals surface area (Å²) in [7, 11) is 0. The highest BCUT2D eigenvalue weighted by molar-refractivity contribution is 6.30. The van der Waals surface area contributed by atoms with Crippen molar-refractivity contribution < 1.29 is 4.79 Å². The molecule has 4 heteroatoms. The average Bonchev–Trinajstić information content (AvgIpc) is 2.79. The van der Waals surface area contributed by atoms with Crippen molar-refractivity contribution in [3.8, 4) is 0 Å². The average molecular weight is 281 g/mol. The standard InChI is InChI=1S/C15H21ClN2O/c1-3-9(2)14(17)15(19)18-13-7-4-10-8-11(16)5-6-12(10)13/h5-6,8-9,13-14H,3-4,7,17H2,1-2H3,(H,18,19). The third kappa shape index (κ3) is 3.10. The molecule has 3 atom stereocenters. The number of carbonyl (C=O) groups is 1. The molecule has 3 nitrogen and oxygen atoms in total. The lowest BCUT2D eigenvalue weighted by Gasteiger charge is -2.21. The van der Waals surface area contributed by atoms with Crippen molar-refractivity contribution in [2.45, 2.75) is 45.2 Å². The van der Waals surface area contributed by atoms with Gasteiger partial charge in [0.2, 0.25) is 5.91 Å². The van der Waals surface area contributed by atoms with Gasteiger partial charge in [-0.25, -0.2) is 0 Å². The summed E-state index contributed by atoms with van der Waals surface area (Å²) in [5.41, 5.74) is 8.37. The predicted molar refractivity (Wildman–Crippen MR) is 78.1 cm³/mol.